The van der Waals surface area contributed by atoms with Crippen molar-refractivity contribution < 1.29 is 14.3 Å². The van der Waals surface area contributed by atoms with Gasteiger partial charge in [-0.05, 0) is 57.6 Å². The van der Waals surface area contributed by atoms with Gasteiger partial charge in [0.15, 0.2) is 0 Å². The second kappa shape index (κ2) is 5.69. The van der Waals surface area contributed by atoms with Gasteiger partial charge in [0, 0.05) is 8.04 Å². The van der Waals surface area contributed by atoms with Crippen LogP contribution in [-0.2, 0) is 4.74 Å². The lowest BCUT2D eigenvalue weighted by atomic mass is 10.2. The SMILES string of the molecule is CCOC(=O)c1cc(I)c(Br)cc1OC. The predicted molar refractivity (Wildman–Crippen MR) is 69.4 cm³/mol. The first-order valence-electron chi connectivity index (χ1n) is 4.30. The topological polar surface area (TPSA) is 35.5 Å². The van der Waals surface area contributed by atoms with Crippen LogP contribution < -0.4 is 4.74 Å². The first-order chi connectivity index (χ1) is 7.10. The lowest BCUT2D eigenvalue weighted by Crippen LogP contribution is -2.07. The van der Waals surface area contributed by atoms with Gasteiger partial charge in [0.1, 0.15) is 11.3 Å². The maximum absolute atomic E-state index is 11.6. The first-order valence-corrected chi connectivity index (χ1v) is 6.17. The molecule has 0 bridgehead atoms. The summed E-state index contributed by atoms with van der Waals surface area (Å²) in [5.41, 5.74) is 0.451. The molecule has 82 valence electrons. The van der Waals surface area contributed by atoms with E-state index in [1.54, 1.807) is 19.1 Å². The maximum atomic E-state index is 11.6. The van der Waals surface area contributed by atoms with Gasteiger partial charge in [-0.25, -0.2) is 4.79 Å². The van der Waals surface area contributed by atoms with E-state index in [4.69, 9.17) is 9.47 Å². The molecule has 0 unspecified atom stereocenters. The number of ether oxygens (including phenoxy) is 2. The van der Waals surface area contributed by atoms with Crippen LogP contribution in [0, 0.1) is 3.57 Å². The molecule has 0 N–H and O–H groups in total. The molecule has 15 heavy (non-hydrogen) atoms. The number of carbonyl (C=O) groups excluding carboxylic acids is 1. The highest BCUT2D eigenvalue weighted by Crippen LogP contribution is 2.29. The zero-order valence-corrected chi connectivity index (χ0v) is 12.1. The smallest absolute Gasteiger partial charge is 0.341 e. The molecule has 0 fully saturated rings. The van der Waals surface area contributed by atoms with Crippen molar-refractivity contribution in [2.75, 3.05) is 13.7 Å². The van der Waals surface area contributed by atoms with Crippen molar-refractivity contribution in [3.8, 4) is 5.75 Å². The normalized spacial score (nSPS) is 9.87. The summed E-state index contributed by atoms with van der Waals surface area (Å²) in [5, 5.41) is 0. The number of hydrogen-bond donors (Lipinski definition) is 0. The number of benzene rings is 1. The van der Waals surface area contributed by atoms with E-state index in [-0.39, 0.29) is 5.97 Å². The van der Waals surface area contributed by atoms with Crippen LogP contribution in [0.5, 0.6) is 5.75 Å². The third kappa shape index (κ3) is 3.07. The maximum Gasteiger partial charge on any atom is 0.341 e. The van der Waals surface area contributed by atoms with Gasteiger partial charge in [0.2, 0.25) is 0 Å². The number of carbonyl (C=O) groups is 1. The fourth-order valence-electron chi connectivity index (χ4n) is 1.07. The summed E-state index contributed by atoms with van der Waals surface area (Å²) in [7, 11) is 1.53. The van der Waals surface area contributed by atoms with E-state index in [0.29, 0.717) is 17.9 Å². The Kier molecular flexibility index (Phi) is 4.85. The molecule has 0 amide bonds. The molecular formula is C10H10BrIO3. The van der Waals surface area contributed by atoms with Crippen molar-refractivity contribution in [3.05, 3.63) is 25.7 Å². The molecule has 0 aliphatic carbocycles. The average Bonchev–Trinajstić information content (AvgIpc) is 2.21. The first kappa shape index (κ1) is 12.8. The van der Waals surface area contributed by atoms with Gasteiger partial charge < -0.3 is 9.47 Å². The second-order valence-corrected chi connectivity index (χ2v) is 4.70. The van der Waals surface area contributed by atoms with Crippen molar-refractivity contribution in [1.29, 1.82) is 0 Å². The molecule has 0 saturated carbocycles. The summed E-state index contributed by atoms with van der Waals surface area (Å²) in [5.74, 6) is 0.153. The molecule has 1 aromatic rings. The molecule has 0 heterocycles. The summed E-state index contributed by atoms with van der Waals surface area (Å²) < 4.78 is 11.9. The molecular weight excluding hydrogens is 375 g/mol. The van der Waals surface area contributed by atoms with Crippen LogP contribution in [0.4, 0.5) is 0 Å². The summed E-state index contributed by atoms with van der Waals surface area (Å²) in [6.07, 6.45) is 0. The Balaban J connectivity index is 3.15. The summed E-state index contributed by atoms with van der Waals surface area (Å²) in [4.78, 5) is 11.6. The van der Waals surface area contributed by atoms with Crippen molar-refractivity contribution in [1.82, 2.24) is 0 Å². The Morgan fingerprint density at radius 1 is 1.53 bits per heavy atom. The minimum atomic E-state index is -0.361. The molecule has 1 rings (SSSR count). The largest absolute Gasteiger partial charge is 0.496 e. The Morgan fingerprint density at radius 2 is 2.20 bits per heavy atom. The van der Waals surface area contributed by atoms with E-state index in [9.17, 15) is 4.79 Å². The number of halogens is 2. The zero-order valence-electron chi connectivity index (χ0n) is 8.34. The molecule has 0 aliphatic heterocycles. The second-order valence-electron chi connectivity index (χ2n) is 2.69. The Bertz CT molecular complexity index is 379. The molecule has 0 saturated heterocycles. The number of methoxy groups -OCH3 is 1. The van der Waals surface area contributed by atoms with E-state index >= 15 is 0 Å². The summed E-state index contributed by atoms with van der Waals surface area (Å²) >= 11 is 5.50. The van der Waals surface area contributed by atoms with E-state index in [1.807, 2.05) is 0 Å². The van der Waals surface area contributed by atoms with Crippen molar-refractivity contribution >= 4 is 44.5 Å². The number of hydrogen-bond acceptors (Lipinski definition) is 3. The monoisotopic (exact) mass is 384 g/mol. The van der Waals surface area contributed by atoms with Crippen LogP contribution in [0.2, 0.25) is 0 Å². The summed E-state index contributed by atoms with van der Waals surface area (Å²) in [6.45, 7) is 2.13. The van der Waals surface area contributed by atoms with E-state index in [1.165, 1.54) is 7.11 Å². The van der Waals surface area contributed by atoms with Crippen molar-refractivity contribution in [3.63, 3.8) is 0 Å². The fraction of sp³-hybridized carbons (Fsp3) is 0.300. The Hall–Kier alpha value is -0.300. The molecule has 5 heteroatoms. The highest BCUT2D eigenvalue weighted by Gasteiger charge is 2.15. The Morgan fingerprint density at radius 3 is 2.73 bits per heavy atom. The van der Waals surface area contributed by atoms with Gasteiger partial charge >= 0.3 is 5.97 Å². The minimum absolute atomic E-state index is 0.356. The third-order valence-corrected chi connectivity index (χ3v) is 4.03. The molecule has 3 nitrogen and oxygen atoms in total. The van der Waals surface area contributed by atoms with Crippen LogP contribution in [0.15, 0.2) is 16.6 Å². The van der Waals surface area contributed by atoms with E-state index in [0.717, 1.165) is 8.04 Å². The molecule has 1 aromatic carbocycles. The van der Waals surface area contributed by atoms with E-state index in [2.05, 4.69) is 38.5 Å². The predicted octanol–water partition coefficient (Wildman–Crippen LogP) is 3.24. The van der Waals surface area contributed by atoms with Gasteiger partial charge in [-0.15, -0.1) is 0 Å². The van der Waals surface area contributed by atoms with Crippen LogP contribution in [0.3, 0.4) is 0 Å². The number of esters is 1. The van der Waals surface area contributed by atoms with Crippen LogP contribution in [-0.4, -0.2) is 19.7 Å². The zero-order chi connectivity index (χ0) is 11.4. The summed E-state index contributed by atoms with van der Waals surface area (Å²) in [6, 6.07) is 3.50. The standard InChI is InChI=1S/C10H10BrIO3/c1-3-15-10(13)6-4-8(12)7(11)5-9(6)14-2/h4-5H,3H2,1-2H3. The lowest BCUT2D eigenvalue weighted by Gasteiger charge is -2.09. The van der Waals surface area contributed by atoms with Gasteiger partial charge in [-0.1, -0.05) is 0 Å². The quantitative estimate of drug-likeness (QED) is 0.592. The average molecular weight is 385 g/mol. The lowest BCUT2D eigenvalue weighted by molar-refractivity contribution is 0.0522. The van der Waals surface area contributed by atoms with Gasteiger partial charge in [0.25, 0.3) is 0 Å². The van der Waals surface area contributed by atoms with Gasteiger partial charge in [-0.3, -0.25) is 0 Å². The molecule has 0 aromatic heterocycles. The Labute approximate surface area is 110 Å². The van der Waals surface area contributed by atoms with E-state index < -0.39 is 0 Å². The highest BCUT2D eigenvalue weighted by molar-refractivity contribution is 14.1. The van der Waals surface area contributed by atoms with Gasteiger partial charge in [-0.2, -0.15) is 0 Å². The van der Waals surface area contributed by atoms with Crippen molar-refractivity contribution in [2.24, 2.45) is 0 Å². The van der Waals surface area contributed by atoms with Crippen molar-refractivity contribution in [2.45, 2.75) is 6.92 Å². The molecule has 0 atom stereocenters. The molecule has 0 spiro atoms. The van der Waals surface area contributed by atoms with Gasteiger partial charge in [0.05, 0.1) is 13.7 Å². The highest BCUT2D eigenvalue weighted by atomic mass is 127. The molecule has 0 radical (unpaired) electrons. The van der Waals surface area contributed by atoms with Crippen LogP contribution in [0.1, 0.15) is 17.3 Å². The molecule has 0 aliphatic rings. The van der Waals surface area contributed by atoms with Crippen LogP contribution >= 0.6 is 38.5 Å². The number of rotatable bonds is 3. The fourth-order valence-corrected chi connectivity index (χ4v) is 1.86. The van der Waals surface area contributed by atoms with Crippen LogP contribution in [0.25, 0.3) is 0 Å². The minimum Gasteiger partial charge on any atom is -0.496 e. The third-order valence-electron chi connectivity index (χ3n) is 1.74.